The van der Waals surface area contributed by atoms with Gasteiger partial charge in [0.25, 0.3) is 0 Å². The number of carbonyl (C=O) groups is 1. The molecule has 70 heavy (non-hydrogen) atoms. The van der Waals surface area contributed by atoms with Crippen molar-refractivity contribution in [2.75, 3.05) is 26.4 Å². The number of carbonyl (C=O) groups excluding carboxylic acids is 1. The molecule has 6 unspecified atom stereocenters. The third-order valence-corrected chi connectivity index (χ3v) is 12.8. The second-order valence-corrected chi connectivity index (χ2v) is 19.8. The average Bonchev–Trinajstić information content (AvgIpc) is 3.34. The number of esters is 1. The van der Waals surface area contributed by atoms with Crippen LogP contribution in [0.3, 0.4) is 0 Å². The van der Waals surface area contributed by atoms with Crippen molar-refractivity contribution in [2.45, 2.75) is 256 Å². The van der Waals surface area contributed by atoms with Gasteiger partial charge in [-0.05, 0) is 83.5 Å². The Labute approximate surface area is 426 Å². The fraction of sp³-hybridized carbons (Fsp3) is 0.772. The molecule has 1 fully saturated rings. The number of unbranched alkanes of at least 4 members (excludes halogenated alkanes) is 23. The molecule has 4 N–H and O–H groups in total. The molecule has 1 heterocycles. The summed E-state index contributed by atoms with van der Waals surface area (Å²) in [5.74, 6) is -0.405. The van der Waals surface area contributed by atoms with Crippen molar-refractivity contribution in [3.8, 4) is 0 Å². The summed E-state index contributed by atoms with van der Waals surface area (Å²) in [6, 6.07) is 0. The molecule has 0 spiro atoms. The Kier molecular flexibility index (Phi) is 44.5. The maximum Gasteiger partial charge on any atom is 0.397 e. The fourth-order valence-corrected chi connectivity index (χ4v) is 8.67. The minimum atomic E-state index is -5.07. The van der Waals surface area contributed by atoms with E-state index in [-0.39, 0.29) is 19.6 Å². The molecule has 406 valence electrons. The average molecular weight is 1010 g/mol. The van der Waals surface area contributed by atoms with Crippen LogP contribution >= 0.6 is 0 Å². The molecule has 1 rings (SSSR count). The lowest BCUT2D eigenvalue weighted by molar-refractivity contribution is -0.301. The summed E-state index contributed by atoms with van der Waals surface area (Å²) in [6.07, 6.45) is 53.6. The van der Waals surface area contributed by atoms with Crippen molar-refractivity contribution in [1.82, 2.24) is 0 Å². The normalized spacial score (nSPS) is 19.7. The van der Waals surface area contributed by atoms with Gasteiger partial charge >= 0.3 is 16.4 Å². The zero-order chi connectivity index (χ0) is 51.0. The predicted octanol–water partition coefficient (Wildman–Crippen LogP) is 13.4. The zero-order valence-electron chi connectivity index (χ0n) is 43.8. The first-order chi connectivity index (χ1) is 34.1. The molecule has 0 saturated carbocycles. The molecule has 12 nitrogen and oxygen atoms in total. The van der Waals surface area contributed by atoms with Crippen LogP contribution in [0.1, 0.15) is 219 Å². The van der Waals surface area contributed by atoms with Gasteiger partial charge in [-0.25, -0.2) is 4.18 Å². The van der Waals surface area contributed by atoms with Crippen LogP contribution in [-0.2, 0) is 38.3 Å². The Morgan fingerprint density at radius 3 is 1.46 bits per heavy atom. The molecule has 0 aromatic rings. The Morgan fingerprint density at radius 1 is 0.557 bits per heavy atom. The third kappa shape index (κ3) is 40.1. The quantitative estimate of drug-likeness (QED) is 0.0197. The van der Waals surface area contributed by atoms with Gasteiger partial charge in [0.05, 0.1) is 19.8 Å². The van der Waals surface area contributed by atoms with Crippen molar-refractivity contribution >= 4 is 16.4 Å². The van der Waals surface area contributed by atoms with Gasteiger partial charge in [-0.1, -0.05) is 202 Å². The van der Waals surface area contributed by atoms with E-state index in [0.29, 0.717) is 13.0 Å². The Bertz CT molecular complexity index is 1490. The predicted molar refractivity (Wildman–Crippen MR) is 285 cm³/mol. The van der Waals surface area contributed by atoms with Crippen molar-refractivity contribution < 1.29 is 56.2 Å². The summed E-state index contributed by atoms with van der Waals surface area (Å²) in [5.41, 5.74) is 0. The van der Waals surface area contributed by atoms with Crippen LogP contribution in [0.2, 0.25) is 0 Å². The molecule has 0 aromatic heterocycles. The minimum absolute atomic E-state index is 0.0267. The maximum absolute atomic E-state index is 12.9. The molecule has 1 saturated heterocycles. The fourth-order valence-electron chi connectivity index (χ4n) is 8.17. The van der Waals surface area contributed by atoms with E-state index in [1.165, 1.54) is 116 Å². The van der Waals surface area contributed by atoms with Gasteiger partial charge < -0.3 is 34.3 Å². The van der Waals surface area contributed by atoms with E-state index in [2.05, 4.69) is 90.9 Å². The van der Waals surface area contributed by atoms with Crippen molar-refractivity contribution in [2.24, 2.45) is 0 Å². The molecule has 6 atom stereocenters. The standard InChI is InChI=1S/C57H100O12S/c1-3-5-7-9-11-13-15-17-19-21-23-24-25-26-27-29-31-33-35-37-39-41-43-45-47-65-49-51(50-66-57-55(61)56(69-70(62,63)64)54(60)52(48-58)68-57)67-53(59)46-44-42-40-38-36-34-32-30-28-22-20-18-16-14-12-10-8-6-4-2/h5,7,11,13,17-20,23-24,26-27,51-52,54-58,60-61H,3-4,6,8-10,12,14-16,21-22,25,28-50H2,1-2H3,(H,62,63,64)/b7-5-,13-11-,19-17-,20-18-,24-23-,27-26-. The topological polar surface area (TPSA) is 178 Å². The molecule has 0 aromatic carbocycles. The molecule has 0 radical (unpaired) electrons. The van der Waals surface area contributed by atoms with Crippen LogP contribution in [0.25, 0.3) is 0 Å². The highest BCUT2D eigenvalue weighted by Crippen LogP contribution is 2.26. The van der Waals surface area contributed by atoms with E-state index in [1.54, 1.807) is 0 Å². The number of hydrogen-bond donors (Lipinski definition) is 4. The Hall–Kier alpha value is -2.46. The number of rotatable bonds is 48. The first-order valence-corrected chi connectivity index (χ1v) is 29.1. The number of aliphatic hydroxyl groups is 3. The second kappa shape index (κ2) is 47.5. The Balaban J connectivity index is 2.33. The van der Waals surface area contributed by atoms with E-state index in [1.807, 2.05) is 0 Å². The van der Waals surface area contributed by atoms with Crippen LogP contribution < -0.4 is 0 Å². The molecule has 0 aliphatic carbocycles. The van der Waals surface area contributed by atoms with Gasteiger partial charge in [-0.2, -0.15) is 8.42 Å². The number of ether oxygens (including phenoxy) is 4. The number of hydrogen-bond acceptors (Lipinski definition) is 11. The SMILES string of the molecule is CC/C=C\C/C=C\C/C=C\C/C=C\C/C=C\CCCCCCCCCCOCC(COC1OC(CO)C(O)C(OS(=O)(=O)O)C1O)OC(=O)CCCCCCCCCCC/C=C\CCCCCCCC. The van der Waals surface area contributed by atoms with E-state index in [4.69, 9.17) is 18.9 Å². The van der Waals surface area contributed by atoms with E-state index < -0.39 is 59.8 Å². The van der Waals surface area contributed by atoms with Gasteiger partial charge in [0.1, 0.15) is 30.5 Å². The highest BCUT2D eigenvalue weighted by molar-refractivity contribution is 7.80. The highest BCUT2D eigenvalue weighted by Gasteiger charge is 2.48. The largest absolute Gasteiger partial charge is 0.457 e. The van der Waals surface area contributed by atoms with Crippen LogP contribution in [-0.4, -0.2) is 97.5 Å². The van der Waals surface area contributed by atoms with Gasteiger partial charge in [0.15, 0.2) is 6.29 Å². The van der Waals surface area contributed by atoms with Gasteiger partial charge in [0, 0.05) is 13.0 Å². The monoisotopic (exact) mass is 1010 g/mol. The summed E-state index contributed by atoms with van der Waals surface area (Å²) in [5, 5.41) is 30.8. The van der Waals surface area contributed by atoms with E-state index in [0.717, 1.165) is 77.0 Å². The molecular formula is C57H100O12S. The van der Waals surface area contributed by atoms with E-state index >= 15 is 0 Å². The summed E-state index contributed by atoms with van der Waals surface area (Å²) in [4.78, 5) is 12.9. The van der Waals surface area contributed by atoms with Crippen molar-refractivity contribution in [3.63, 3.8) is 0 Å². The number of aliphatic hydroxyl groups excluding tert-OH is 3. The molecule has 13 heteroatoms. The van der Waals surface area contributed by atoms with Crippen LogP contribution in [0, 0.1) is 0 Å². The summed E-state index contributed by atoms with van der Waals surface area (Å²) in [6.45, 7) is 3.87. The summed E-state index contributed by atoms with van der Waals surface area (Å²) >= 11 is 0. The lowest BCUT2D eigenvalue weighted by Crippen LogP contribution is -2.60. The van der Waals surface area contributed by atoms with E-state index in [9.17, 15) is 33.1 Å². The lowest BCUT2D eigenvalue weighted by Gasteiger charge is -2.41. The summed E-state index contributed by atoms with van der Waals surface area (Å²) < 4.78 is 59.4. The smallest absolute Gasteiger partial charge is 0.397 e. The Morgan fingerprint density at radius 2 is 0.986 bits per heavy atom. The van der Waals surface area contributed by atoms with Crippen molar-refractivity contribution in [3.05, 3.63) is 72.9 Å². The molecule has 1 aliphatic heterocycles. The molecular weight excluding hydrogens is 909 g/mol. The van der Waals surface area contributed by atoms with Crippen LogP contribution in [0.5, 0.6) is 0 Å². The third-order valence-electron chi connectivity index (χ3n) is 12.3. The second-order valence-electron chi connectivity index (χ2n) is 18.8. The zero-order valence-corrected chi connectivity index (χ0v) is 44.6. The van der Waals surface area contributed by atoms with Gasteiger partial charge in [-0.15, -0.1) is 0 Å². The van der Waals surface area contributed by atoms with Gasteiger partial charge in [-0.3, -0.25) is 9.35 Å². The van der Waals surface area contributed by atoms with Gasteiger partial charge in [0.2, 0.25) is 0 Å². The highest BCUT2D eigenvalue weighted by atomic mass is 32.3. The molecule has 0 amide bonds. The molecule has 1 aliphatic rings. The number of allylic oxidation sites excluding steroid dienone is 12. The van der Waals surface area contributed by atoms with Crippen LogP contribution in [0.4, 0.5) is 0 Å². The lowest BCUT2D eigenvalue weighted by atomic mass is 9.99. The maximum atomic E-state index is 12.9. The summed E-state index contributed by atoms with van der Waals surface area (Å²) in [7, 11) is -5.07. The minimum Gasteiger partial charge on any atom is -0.457 e. The first-order valence-electron chi connectivity index (χ1n) is 27.7. The van der Waals surface area contributed by atoms with Crippen molar-refractivity contribution in [1.29, 1.82) is 0 Å². The van der Waals surface area contributed by atoms with Crippen LogP contribution in [0.15, 0.2) is 72.9 Å². The molecule has 0 bridgehead atoms. The first kappa shape index (κ1) is 65.6.